The van der Waals surface area contributed by atoms with E-state index in [9.17, 15) is 5.11 Å². The van der Waals surface area contributed by atoms with Crippen molar-refractivity contribution in [3.8, 4) is 5.75 Å². The number of halogens is 2. The third kappa shape index (κ3) is 2.96. The summed E-state index contributed by atoms with van der Waals surface area (Å²) < 4.78 is 0.733. The fourth-order valence-electron chi connectivity index (χ4n) is 2.22. The lowest BCUT2D eigenvalue weighted by molar-refractivity contribution is 0.470. The predicted octanol–water partition coefficient (Wildman–Crippen LogP) is 4.97. The molecule has 5 heteroatoms. The quantitative estimate of drug-likeness (QED) is 0.646. The Labute approximate surface area is 135 Å². The molecule has 0 bridgehead atoms. The second-order valence-electron chi connectivity index (χ2n) is 4.63. The third-order valence-corrected chi connectivity index (χ3v) is 4.42. The molecule has 0 saturated carbocycles. The molecule has 0 saturated heterocycles. The van der Waals surface area contributed by atoms with Gasteiger partial charge in [0.15, 0.2) is 0 Å². The molecule has 0 spiro atoms. The second kappa shape index (κ2) is 5.92. The highest BCUT2D eigenvalue weighted by atomic mass is 79.9. The summed E-state index contributed by atoms with van der Waals surface area (Å²) in [5.41, 5.74) is 1.69. The molecular weight excluding hydrogens is 352 g/mol. The zero-order valence-corrected chi connectivity index (χ0v) is 13.3. The van der Waals surface area contributed by atoms with Crippen LogP contribution < -0.4 is 5.32 Å². The van der Waals surface area contributed by atoms with Crippen LogP contribution in [0.5, 0.6) is 5.75 Å². The van der Waals surface area contributed by atoms with Gasteiger partial charge in [0, 0.05) is 12.1 Å². The first-order chi connectivity index (χ1) is 10.1. The minimum absolute atomic E-state index is 0.280. The molecule has 1 aromatic heterocycles. The van der Waals surface area contributed by atoms with E-state index in [1.165, 1.54) is 0 Å². The van der Waals surface area contributed by atoms with Crippen LogP contribution in [0.15, 0.2) is 53.1 Å². The first-order valence-electron chi connectivity index (χ1n) is 6.39. The first kappa shape index (κ1) is 14.2. The van der Waals surface area contributed by atoms with Crippen LogP contribution in [0, 0.1) is 0 Å². The van der Waals surface area contributed by atoms with E-state index in [1.807, 2.05) is 36.4 Å². The number of rotatable bonds is 3. The first-order valence-corrected chi connectivity index (χ1v) is 7.57. The van der Waals surface area contributed by atoms with Crippen LogP contribution in [-0.4, -0.2) is 10.1 Å². The highest BCUT2D eigenvalue weighted by Crippen LogP contribution is 2.28. The third-order valence-electron chi connectivity index (χ3n) is 3.28. The fourth-order valence-corrected chi connectivity index (χ4v) is 2.67. The predicted molar refractivity (Wildman–Crippen MR) is 89.9 cm³/mol. The molecule has 0 aliphatic carbocycles. The summed E-state index contributed by atoms with van der Waals surface area (Å²) in [7, 11) is 0. The number of aromatic nitrogens is 1. The number of hydrogen-bond donors (Lipinski definition) is 2. The molecule has 21 heavy (non-hydrogen) atoms. The number of hydrogen-bond acceptors (Lipinski definition) is 3. The van der Waals surface area contributed by atoms with E-state index < -0.39 is 0 Å². The Hall–Kier alpha value is -1.78. The number of aromatic hydroxyl groups is 1. The van der Waals surface area contributed by atoms with Crippen LogP contribution in [0.1, 0.15) is 5.56 Å². The number of phenolic OH excluding ortho intramolecular Hbond substituents is 1. The van der Waals surface area contributed by atoms with E-state index in [1.54, 1.807) is 12.3 Å². The summed E-state index contributed by atoms with van der Waals surface area (Å²) in [6.45, 7) is 0.503. The summed E-state index contributed by atoms with van der Waals surface area (Å²) in [5.74, 6) is 0.280. The molecule has 3 rings (SSSR count). The van der Waals surface area contributed by atoms with Crippen LogP contribution in [-0.2, 0) is 6.54 Å². The molecule has 3 nitrogen and oxygen atoms in total. The number of pyridine rings is 1. The summed E-state index contributed by atoms with van der Waals surface area (Å²) in [6, 6.07) is 13.5. The number of phenols is 1. The largest absolute Gasteiger partial charge is 0.508 e. The molecule has 0 fully saturated rings. The van der Waals surface area contributed by atoms with E-state index in [2.05, 4.69) is 26.2 Å². The van der Waals surface area contributed by atoms with Crippen molar-refractivity contribution < 1.29 is 5.11 Å². The van der Waals surface area contributed by atoms with E-state index in [0.29, 0.717) is 11.7 Å². The van der Waals surface area contributed by atoms with Gasteiger partial charge in [0.1, 0.15) is 10.9 Å². The Bertz CT molecular complexity index is 807. The molecule has 106 valence electrons. The Morgan fingerprint density at radius 1 is 1.19 bits per heavy atom. The smallest absolute Gasteiger partial charge is 0.143 e. The molecule has 0 radical (unpaired) electrons. The normalized spacial score (nSPS) is 10.8. The number of anilines is 1. The highest BCUT2D eigenvalue weighted by molar-refractivity contribution is 9.10. The van der Waals surface area contributed by atoms with Gasteiger partial charge in [0.25, 0.3) is 0 Å². The van der Waals surface area contributed by atoms with Crippen molar-refractivity contribution in [2.45, 2.75) is 6.54 Å². The fraction of sp³-hybridized carbons (Fsp3) is 0.0625. The van der Waals surface area contributed by atoms with Gasteiger partial charge >= 0.3 is 0 Å². The number of nitrogens with zero attached hydrogens (tertiary/aromatic N) is 1. The minimum Gasteiger partial charge on any atom is -0.508 e. The van der Waals surface area contributed by atoms with Gasteiger partial charge in [-0.15, -0.1) is 0 Å². The lowest BCUT2D eigenvalue weighted by atomic mass is 10.0. The van der Waals surface area contributed by atoms with Crippen molar-refractivity contribution in [3.63, 3.8) is 0 Å². The highest BCUT2D eigenvalue weighted by Gasteiger charge is 2.07. The van der Waals surface area contributed by atoms with Gasteiger partial charge in [-0.25, -0.2) is 4.98 Å². The van der Waals surface area contributed by atoms with Gasteiger partial charge in [-0.05, 0) is 38.8 Å². The van der Waals surface area contributed by atoms with Crippen molar-refractivity contribution in [2.24, 2.45) is 0 Å². The Morgan fingerprint density at radius 2 is 2.00 bits per heavy atom. The molecule has 3 aromatic rings. The molecule has 0 aliphatic heterocycles. The minimum atomic E-state index is 0.280. The SMILES string of the molecule is Oc1ccc2ccccc2c1CNc1cnc(Cl)c(Br)c1. The maximum Gasteiger partial charge on any atom is 0.143 e. The molecule has 2 N–H and O–H groups in total. The van der Waals surface area contributed by atoms with Crippen molar-refractivity contribution in [2.75, 3.05) is 5.32 Å². The van der Waals surface area contributed by atoms with Crippen LogP contribution in [0.4, 0.5) is 5.69 Å². The molecule has 0 atom stereocenters. The van der Waals surface area contributed by atoms with Crippen molar-refractivity contribution in [1.82, 2.24) is 4.98 Å². The van der Waals surface area contributed by atoms with Gasteiger partial charge in [-0.3, -0.25) is 0 Å². The standard InChI is InChI=1S/C16H12BrClN2O/c17-14-7-11(8-20-16(14)18)19-9-13-12-4-2-1-3-10(12)5-6-15(13)21/h1-8,19,21H,9H2. The van der Waals surface area contributed by atoms with Crippen LogP contribution in [0.2, 0.25) is 5.15 Å². The molecule has 2 aromatic carbocycles. The molecular formula is C16H12BrClN2O. The zero-order chi connectivity index (χ0) is 14.8. The molecule has 0 amide bonds. The molecule has 0 aliphatic rings. The maximum absolute atomic E-state index is 10.1. The van der Waals surface area contributed by atoms with Crippen molar-refractivity contribution in [1.29, 1.82) is 0 Å². The van der Waals surface area contributed by atoms with E-state index >= 15 is 0 Å². The number of nitrogens with one attached hydrogen (secondary N) is 1. The van der Waals surface area contributed by atoms with Gasteiger partial charge in [0.05, 0.1) is 16.4 Å². The Morgan fingerprint density at radius 3 is 2.81 bits per heavy atom. The van der Waals surface area contributed by atoms with Gasteiger partial charge in [-0.2, -0.15) is 0 Å². The second-order valence-corrected chi connectivity index (χ2v) is 5.85. The van der Waals surface area contributed by atoms with Crippen LogP contribution in [0.3, 0.4) is 0 Å². The summed E-state index contributed by atoms with van der Waals surface area (Å²) in [4.78, 5) is 4.07. The van der Waals surface area contributed by atoms with Crippen LogP contribution >= 0.6 is 27.5 Å². The van der Waals surface area contributed by atoms with Gasteiger partial charge in [0.2, 0.25) is 0 Å². The average molecular weight is 364 g/mol. The molecule has 0 unspecified atom stereocenters. The molecule has 1 heterocycles. The average Bonchev–Trinajstić information content (AvgIpc) is 2.50. The van der Waals surface area contributed by atoms with E-state index in [-0.39, 0.29) is 5.75 Å². The summed E-state index contributed by atoms with van der Waals surface area (Å²) >= 11 is 9.22. The lowest BCUT2D eigenvalue weighted by Crippen LogP contribution is -2.01. The number of benzene rings is 2. The van der Waals surface area contributed by atoms with E-state index in [4.69, 9.17) is 11.6 Å². The Balaban J connectivity index is 1.91. The monoisotopic (exact) mass is 362 g/mol. The number of fused-ring (bicyclic) bond motifs is 1. The van der Waals surface area contributed by atoms with E-state index in [0.717, 1.165) is 26.5 Å². The van der Waals surface area contributed by atoms with Gasteiger partial charge in [-0.1, -0.05) is 41.9 Å². The van der Waals surface area contributed by atoms with Crippen molar-refractivity contribution >= 4 is 44.0 Å². The topological polar surface area (TPSA) is 45.1 Å². The zero-order valence-electron chi connectivity index (χ0n) is 11.0. The Kier molecular flexibility index (Phi) is 3.99. The van der Waals surface area contributed by atoms with Crippen LogP contribution in [0.25, 0.3) is 10.8 Å². The summed E-state index contributed by atoms with van der Waals surface area (Å²) in [5, 5.41) is 15.9. The lowest BCUT2D eigenvalue weighted by Gasteiger charge is -2.11. The summed E-state index contributed by atoms with van der Waals surface area (Å²) in [6.07, 6.45) is 1.66. The van der Waals surface area contributed by atoms with Crippen molar-refractivity contribution in [3.05, 3.63) is 63.9 Å². The van der Waals surface area contributed by atoms with Gasteiger partial charge < -0.3 is 10.4 Å². The maximum atomic E-state index is 10.1.